The van der Waals surface area contributed by atoms with Crippen LogP contribution in [0.5, 0.6) is 0 Å². The van der Waals surface area contributed by atoms with Gasteiger partial charge < -0.3 is 10.2 Å². The first-order valence-electron chi connectivity index (χ1n) is 10.0. The predicted octanol–water partition coefficient (Wildman–Crippen LogP) is 3.15. The van der Waals surface area contributed by atoms with Gasteiger partial charge in [0.25, 0.3) is 0 Å². The molecule has 2 aliphatic rings. The fourth-order valence-corrected chi connectivity index (χ4v) is 5.56. The standard InChI is InChI=1S/C23H19FN6OS/c1-29-21(31)18-11-30(20-6-5-17(24)10-27-20)13-23(18,28-22(29)26)19-8-16(12-32-19)15-4-2-3-14(7-15)9-25/h2-8,10,12,18H,11,13H2,1H3,(H2,26,28)/t18?,23-/m0/s1. The molecule has 1 unspecified atom stereocenters. The van der Waals surface area contributed by atoms with Crippen molar-refractivity contribution in [3.63, 3.8) is 0 Å². The smallest absolute Gasteiger partial charge is 0.236 e. The number of halogens is 1. The van der Waals surface area contributed by atoms with Crippen molar-refractivity contribution < 1.29 is 9.18 Å². The third kappa shape index (κ3) is 3.11. The molecule has 3 aromatic rings. The number of guanidine groups is 1. The van der Waals surface area contributed by atoms with E-state index in [0.717, 1.165) is 16.0 Å². The second-order valence-electron chi connectivity index (χ2n) is 8.00. The number of thiophene rings is 1. The third-order valence-electron chi connectivity index (χ3n) is 6.14. The van der Waals surface area contributed by atoms with Crippen molar-refractivity contribution in [2.75, 3.05) is 25.0 Å². The van der Waals surface area contributed by atoms with E-state index >= 15 is 0 Å². The van der Waals surface area contributed by atoms with Gasteiger partial charge in [-0.05, 0) is 46.8 Å². The molecule has 7 nitrogen and oxygen atoms in total. The summed E-state index contributed by atoms with van der Waals surface area (Å²) in [6.07, 6.45) is 1.17. The van der Waals surface area contributed by atoms with Crippen LogP contribution in [0.4, 0.5) is 10.2 Å². The molecule has 2 N–H and O–H groups in total. The number of nitrogens with zero attached hydrogens (tertiary/aromatic N) is 4. The molecule has 32 heavy (non-hydrogen) atoms. The molecule has 4 heterocycles. The van der Waals surface area contributed by atoms with E-state index in [1.165, 1.54) is 28.5 Å². The van der Waals surface area contributed by atoms with Crippen LogP contribution in [0.2, 0.25) is 0 Å². The van der Waals surface area contributed by atoms with Crippen molar-refractivity contribution in [2.24, 2.45) is 5.92 Å². The van der Waals surface area contributed by atoms with Crippen LogP contribution in [0.1, 0.15) is 10.4 Å². The summed E-state index contributed by atoms with van der Waals surface area (Å²) in [5.74, 6) is -0.368. The van der Waals surface area contributed by atoms with Gasteiger partial charge in [0.1, 0.15) is 17.2 Å². The van der Waals surface area contributed by atoms with Gasteiger partial charge in [-0.1, -0.05) is 12.1 Å². The predicted molar refractivity (Wildman–Crippen MR) is 120 cm³/mol. The van der Waals surface area contributed by atoms with E-state index in [1.807, 2.05) is 34.5 Å². The van der Waals surface area contributed by atoms with Gasteiger partial charge in [-0.2, -0.15) is 5.26 Å². The highest BCUT2D eigenvalue weighted by Gasteiger charge is 2.57. The molecule has 2 saturated heterocycles. The SMILES string of the molecule is CN1C(=N)N[C@@]2(c3cc(-c4cccc(C#N)c4)cs3)CN(c3ccc(F)cn3)CC2C1=O. The maximum atomic E-state index is 13.4. The lowest BCUT2D eigenvalue weighted by Crippen LogP contribution is -2.64. The second kappa shape index (κ2) is 7.43. The van der Waals surface area contributed by atoms with Crippen LogP contribution in [0.3, 0.4) is 0 Å². The van der Waals surface area contributed by atoms with E-state index in [9.17, 15) is 14.4 Å². The number of nitrogens with one attached hydrogen (secondary N) is 2. The van der Waals surface area contributed by atoms with E-state index in [4.69, 9.17) is 5.41 Å². The maximum Gasteiger partial charge on any atom is 0.236 e. The molecule has 0 spiro atoms. The van der Waals surface area contributed by atoms with Crippen LogP contribution in [0, 0.1) is 28.5 Å². The number of pyridine rings is 1. The van der Waals surface area contributed by atoms with Gasteiger partial charge in [0.15, 0.2) is 5.96 Å². The number of benzene rings is 1. The van der Waals surface area contributed by atoms with Crippen molar-refractivity contribution in [1.82, 2.24) is 15.2 Å². The summed E-state index contributed by atoms with van der Waals surface area (Å²) < 4.78 is 13.4. The lowest BCUT2D eigenvalue weighted by molar-refractivity contribution is -0.133. The molecule has 5 rings (SSSR count). The Bertz CT molecular complexity index is 1270. The van der Waals surface area contributed by atoms with E-state index in [1.54, 1.807) is 19.2 Å². The van der Waals surface area contributed by atoms with Crippen molar-refractivity contribution in [3.05, 3.63) is 70.3 Å². The summed E-state index contributed by atoms with van der Waals surface area (Å²) in [6.45, 7) is 0.815. The maximum absolute atomic E-state index is 13.4. The largest absolute Gasteiger partial charge is 0.353 e. The Morgan fingerprint density at radius 2 is 2.16 bits per heavy atom. The highest BCUT2D eigenvalue weighted by atomic mass is 32.1. The highest BCUT2D eigenvalue weighted by molar-refractivity contribution is 7.10. The summed E-state index contributed by atoms with van der Waals surface area (Å²) in [5.41, 5.74) is 1.65. The molecule has 0 aliphatic carbocycles. The van der Waals surface area contributed by atoms with Crippen LogP contribution < -0.4 is 10.2 Å². The number of hydrogen-bond donors (Lipinski definition) is 2. The molecule has 9 heteroatoms. The Hall–Kier alpha value is -3.77. The molecule has 2 aliphatic heterocycles. The van der Waals surface area contributed by atoms with E-state index < -0.39 is 17.3 Å². The zero-order valence-electron chi connectivity index (χ0n) is 17.2. The molecular weight excluding hydrogens is 427 g/mol. The van der Waals surface area contributed by atoms with E-state index in [0.29, 0.717) is 24.5 Å². The first-order chi connectivity index (χ1) is 15.4. The van der Waals surface area contributed by atoms with Gasteiger partial charge in [-0.25, -0.2) is 9.37 Å². The fraction of sp³-hybridized carbons (Fsp3) is 0.217. The van der Waals surface area contributed by atoms with Crippen LogP contribution in [0.15, 0.2) is 54.0 Å². The Kier molecular flexibility index (Phi) is 4.68. The van der Waals surface area contributed by atoms with Crippen LogP contribution in [-0.2, 0) is 10.3 Å². The Labute approximate surface area is 188 Å². The number of rotatable bonds is 3. The lowest BCUT2D eigenvalue weighted by atomic mass is 9.82. The normalized spacial score (nSPS) is 22.5. The van der Waals surface area contributed by atoms with E-state index in [2.05, 4.69) is 16.4 Å². The molecule has 1 amide bonds. The minimum Gasteiger partial charge on any atom is -0.353 e. The molecule has 1 aromatic carbocycles. The van der Waals surface area contributed by atoms with Crippen molar-refractivity contribution in [1.29, 1.82) is 10.7 Å². The highest BCUT2D eigenvalue weighted by Crippen LogP contribution is 2.45. The zero-order chi connectivity index (χ0) is 22.5. The quantitative estimate of drug-likeness (QED) is 0.644. The summed E-state index contributed by atoms with van der Waals surface area (Å²) in [7, 11) is 1.59. The number of hydrogen-bond acceptors (Lipinski definition) is 6. The van der Waals surface area contributed by atoms with Gasteiger partial charge in [0, 0.05) is 25.0 Å². The molecule has 0 bridgehead atoms. The number of anilines is 1. The van der Waals surface area contributed by atoms with Crippen molar-refractivity contribution in [2.45, 2.75) is 5.54 Å². The number of carbonyl (C=O) groups is 1. The van der Waals surface area contributed by atoms with Crippen molar-refractivity contribution >= 4 is 29.0 Å². The van der Waals surface area contributed by atoms with Gasteiger partial charge in [0.2, 0.25) is 5.91 Å². The van der Waals surface area contributed by atoms with Gasteiger partial charge in [0.05, 0.1) is 23.7 Å². The van der Waals surface area contributed by atoms with E-state index in [-0.39, 0.29) is 11.9 Å². The summed E-state index contributed by atoms with van der Waals surface area (Å²) in [6, 6.07) is 14.5. The minimum absolute atomic E-state index is 0.0431. The number of fused-ring (bicyclic) bond motifs is 1. The molecule has 2 fully saturated rings. The van der Waals surface area contributed by atoms with Crippen molar-refractivity contribution in [3.8, 4) is 17.2 Å². The van der Waals surface area contributed by atoms with Crippen LogP contribution >= 0.6 is 11.3 Å². The molecular formula is C23H19FN6OS. The van der Waals surface area contributed by atoms with Gasteiger partial charge in [-0.15, -0.1) is 11.3 Å². The zero-order valence-corrected chi connectivity index (χ0v) is 18.0. The third-order valence-corrected chi connectivity index (χ3v) is 7.25. The monoisotopic (exact) mass is 446 g/mol. The number of aromatic nitrogens is 1. The summed E-state index contributed by atoms with van der Waals surface area (Å²) in [5, 5.41) is 22.9. The molecule has 0 saturated carbocycles. The molecule has 2 aromatic heterocycles. The Morgan fingerprint density at radius 1 is 1.31 bits per heavy atom. The van der Waals surface area contributed by atoms with Crippen LogP contribution in [0.25, 0.3) is 11.1 Å². The first kappa shape index (κ1) is 20.2. The minimum atomic E-state index is -0.799. The number of amides is 1. The first-order valence-corrected chi connectivity index (χ1v) is 10.9. The molecule has 160 valence electrons. The summed E-state index contributed by atoms with van der Waals surface area (Å²) in [4.78, 5) is 21.6. The number of carbonyl (C=O) groups excluding carboxylic acids is 1. The fourth-order valence-electron chi connectivity index (χ4n) is 4.44. The van der Waals surface area contributed by atoms with Gasteiger partial charge >= 0.3 is 0 Å². The lowest BCUT2D eigenvalue weighted by Gasteiger charge is -2.42. The van der Waals surface area contributed by atoms with Gasteiger partial charge in [-0.3, -0.25) is 15.1 Å². The second-order valence-corrected chi connectivity index (χ2v) is 8.91. The summed E-state index contributed by atoms with van der Waals surface area (Å²) >= 11 is 1.52. The molecule has 2 atom stereocenters. The molecule has 0 radical (unpaired) electrons. The number of nitriles is 1. The average molecular weight is 447 g/mol. The Balaban J connectivity index is 1.57. The Morgan fingerprint density at radius 3 is 2.91 bits per heavy atom. The average Bonchev–Trinajstić information content (AvgIpc) is 3.45. The van der Waals surface area contributed by atoms with Crippen LogP contribution in [-0.4, -0.2) is 41.9 Å². The topological polar surface area (TPSA) is 96.1 Å².